The van der Waals surface area contributed by atoms with Crippen molar-refractivity contribution in [3.63, 3.8) is 0 Å². The maximum atomic E-state index is 14.2. The van der Waals surface area contributed by atoms with Gasteiger partial charge in [0.15, 0.2) is 0 Å². The van der Waals surface area contributed by atoms with Crippen LogP contribution in [-0.2, 0) is 20.7 Å². The van der Waals surface area contributed by atoms with Gasteiger partial charge < -0.3 is 14.5 Å². The van der Waals surface area contributed by atoms with Gasteiger partial charge in [0.25, 0.3) is 5.60 Å². The van der Waals surface area contributed by atoms with Crippen molar-refractivity contribution in [2.45, 2.75) is 44.6 Å². The molecule has 0 aliphatic carbocycles. The highest BCUT2D eigenvalue weighted by Crippen LogP contribution is 2.50. The van der Waals surface area contributed by atoms with Gasteiger partial charge in [0.1, 0.15) is 0 Å². The van der Waals surface area contributed by atoms with Gasteiger partial charge in [0.2, 0.25) is 0 Å². The summed E-state index contributed by atoms with van der Waals surface area (Å²) in [6.07, 6.45) is -5.28. The lowest BCUT2D eigenvalue weighted by Gasteiger charge is -2.30. The average Bonchev–Trinajstić information content (AvgIpc) is 3.20. The zero-order valence-electron chi connectivity index (χ0n) is 16.3. The van der Waals surface area contributed by atoms with E-state index >= 15 is 0 Å². The molecule has 0 aromatic heterocycles. The topological polar surface area (TPSA) is 51.0 Å². The van der Waals surface area contributed by atoms with E-state index < -0.39 is 30.9 Å². The SMILES string of the molecule is Cc1cc([C@]2(C(F)(F)F)CC(c3ccc4c(c3)C(C)(C)OB4O)=NO2)cc(Cl)c1Cl. The van der Waals surface area contributed by atoms with Crippen LogP contribution in [0, 0.1) is 6.92 Å². The van der Waals surface area contributed by atoms with Crippen LogP contribution in [0.15, 0.2) is 35.5 Å². The molecule has 2 aromatic rings. The van der Waals surface area contributed by atoms with E-state index in [9.17, 15) is 18.2 Å². The molecule has 2 aliphatic rings. The number of alkyl halides is 3. The molecule has 0 saturated carbocycles. The molecule has 0 bridgehead atoms. The Balaban J connectivity index is 1.76. The number of nitrogens with zero attached hydrogens (tertiary/aromatic N) is 1. The van der Waals surface area contributed by atoms with Gasteiger partial charge in [-0.15, -0.1) is 0 Å². The molecule has 4 nitrogen and oxygen atoms in total. The van der Waals surface area contributed by atoms with Crippen LogP contribution in [0.5, 0.6) is 0 Å². The van der Waals surface area contributed by atoms with Gasteiger partial charge in [-0.3, -0.25) is 0 Å². The highest BCUT2D eigenvalue weighted by Gasteiger charge is 2.62. The fourth-order valence-electron chi connectivity index (χ4n) is 3.90. The van der Waals surface area contributed by atoms with Gasteiger partial charge in [0.05, 0.1) is 21.4 Å². The number of oxime groups is 1. The van der Waals surface area contributed by atoms with Gasteiger partial charge >= 0.3 is 13.3 Å². The second kappa shape index (κ2) is 6.89. The van der Waals surface area contributed by atoms with Crippen LogP contribution < -0.4 is 5.46 Å². The number of hydrogen-bond donors (Lipinski definition) is 1. The Kier molecular flexibility index (Phi) is 4.93. The number of rotatable bonds is 2. The minimum absolute atomic E-state index is 0.0118. The van der Waals surface area contributed by atoms with Crippen LogP contribution in [0.2, 0.25) is 10.0 Å². The minimum atomic E-state index is -4.75. The van der Waals surface area contributed by atoms with Crippen LogP contribution in [0.3, 0.4) is 0 Å². The lowest BCUT2D eigenvalue weighted by molar-refractivity contribution is -0.275. The summed E-state index contributed by atoms with van der Waals surface area (Å²) in [6.45, 7) is 5.13. The maximum absolute atomic E-state index is 14.2. The molecule has 30 heavy (non-hydrogen) atoms. The Morgan fingerprint density at radius 2 is 1.87 bits per heavy atom. The van der Waals surface area contributed by atoms with E-state index in [1.807, 2.05) is 0 Å². The quantitative estimate of drug-likeness (QED) is 0.656. The molecule has 0 amide bonds. The lowest BCUT2D eigenvalue weighted by Crippen LogP contribution is -2.42. The van der Waals surface area contributed by atoms with Crippen molar-refractivity contribution < 1.29 is 27.7 Å². The molecule has 1 N–H and O–H groups in total. The van der Waals surface area contributed by atoms with Crippen molar-refractivity contribution in [3.8, 4) is 0 Å². The van der Waals surface area contributed by atoms with Crippen LogP contribution in [0.25, 0.3) is 0 Å². The van der Waals surface area contributed by atoms with Gasteiger partial charge in [0, 0.05) is 12.0 Å². The molecule has 0 fully saturated rings. The van der Waals surface area contributed by atoms with Crippen LogP contribution in [0.4, 0.5) is 13.2 Å². The Bertz CT molecular complexity index is 1050. The summed E-state index contributed by atoms with van der Waals surface area (Å²) in [5.74, 6) is 0. The number of benzene rings is 2. The summed E-state index contributed by atoms with van der Waals surface area (Å²) >= 11 is 12.1. The predicted molar refractivity (Wildman–Crippen MR) is 109 cm³/mol. The highest BCUT2D eigenvalue weighted by molar-refractivity contribution is 6.62. The molecule has 0 spiro atoms. The second-order valence-corrected chi connectivity index (χ2v) is 8.79. The first-order valence-corrected chi connectivity index (χ1v) is 9.90. The Labute approximate surface area is 181 Å². The average molecular weight is 458 g/mol. The number of aryl methyl sites for hydroxylation is 1. The first-order valence-electron chi connectivity index (χ1n) is 9.14. The van der Waals surface area contributed by atoms with E-state index in [2.05, 4.69) is 5.16 Å². The number of halogens is 5. The van der Waals surface area contributed by atoms with Gasteiger partial charge in [-0.05, 0) is 55.1 Å². The predicted octanol–water partition coefficient (Wildman–Crippen LogP) is 4.84. The number of hydrogen-bond acceptors (Lipinski definition) is 4. The van der Waals surface area contributed by atoms with Gasteiger partial charge in [-0.1, -0.05) is 46.6 Å². The maximum Gasteiger partial charge on any atom is 0.492 e. The molecule has 2 aromatic carbocycles. The van der Waals surface area contributed by atoms with Crippen molar-refractivity contribution in [3.05, 3.63) is 62.6 Å². The zero-order chi connectivity index (χ0) is 22.1. The molecule has 0 saturated heterocycles. The van der Waals surface area contributed by atoms with Crippen molar-refractivity contribution in [2.24, 2.45) is 5.16 Å². The standard InChI is InChI=1S/C20H17BCl2F3NO3/c1-10-6-12(8-15(22)17(10)23)19(20(24,25)26)9-16(27-30-19)11-4-5-14-13(7-11)18(2,3)29-21(14)28/h4-8,28H,9H2,1-3H3/t19-/m0/s1. The first kappa shape index (κ1) is 21.5. The molecular weight excluding hydrogens is 441 g/mol. The summed E-state index contributed by atoms with van der Waals surface area (Å²) in [4.78, 5) is 5.08. The summed E-state index contributed by atoms with van der Waals surface area (Å²) < 4.78 is 48.2. The van der Waals surface area contributed by atoms with E-state index in [4.69, 9.17) is 32.7 Å². The smallest absolute Gasteiger partial charge is 0.423 e. The van der Waals surface area contributed by atoms with Crippen LogP contribution in [-0.4, -0.2) is 24.0 Å². The van der Waals surface area contributed by atoms with E-state index in [0.717, 1.165) is 0 Å². The van der Waals surface area contributed by atoms with Crippen molar-refractivity contribution >= 4 is 41.5 Å². The fraction of sp³-hybridized carbons (Fsp3) is 0.350. The minimum Gasteiger partial charge on any atom is -0.423 e. The fourth-order valence-corrected chi connectivity index (χ4v) is 4.27. The second-order valence-electron chi connectivity index (χ2n) is 8.00. The molecule has 2 aliphatic heterocycles. The van der Waals surface area contributed by atoms with Gasteiger partial charge in [-0.25, -0.2) is 0 Å². The third-order valence-electron chi connectivity index (χ3n) is 5.57. The Morgan fingerprint density at radius 1 is 1.17 bits per heavy atom. The van der Waals surface area contributed by atoms with E-state index in [0.29, 0.717) is 22.2 Å². The molecule has 2 heterocycles. The summed E-state index contributed by atoms with van der Waals surface area (Å²) in [5, 5.41) is 14.0. The van der Waals surface area contributed by atoms with Crippen LogP contribution >= 0.6 is 23.2 Å². The first-order chi connectivity index (χ1) is 13.9. The van der Waals surface area contributed by atoms with Crippen LogP contribution in [0.1, 0.15) is 42.5 Å². The monoisotopic (exact) mass is 457 g/mol. The third-order valence-corrected chi connectivity index (χ3v) is 6.47. The third kappa shape index (κ3) is 3.21. The Hall–Kier alpha value is -1.74. The van der Waals surface area contributed by atoms with Gasteiger partial charge in [-0.2, -0.15) is 13.2 Å². The summed E-state index contributed by atoms with van der Waals surface area (Å²) in [5.41, 5.74) is -1.36. The lowest BCUT2D eigenvalue weighted by atomic mass is 9.77. The van der Waals surface area contributed by atoms with Crippen molar-refractivity contribution in [1.82, 2.24) is 0 Å². The molecule has 0 radical (unpaired) electrons. The molecule has 4 rings (SSSR count). The van der Waals surface area contributed by atoms with E-state index in [-0.39, 0.29) is 21.3 Å². The normalized spacial score (nSPS) is 22.7. The molecule has 158 valence electrons. The van der Waals surface area contributed by atoms with Crippen molar-refractivity contribution in [2.75, 3.05) is 0 Å². The highest BCUT2D eigenvalue weighted by atomic mass is 35.5. The largest absolute Gasteiger partial charge is 0.492 e. The Morgan fingerprint density at radius 3 is 2.50 bits per heavy atom. The summed E-state index contributed by atoms with van der Waals surface area (Å²) in [6, 6.07) is 7.39. The van der Waals surface area contributed by atoms with Crippen molar-refractivity contribution in [1.29, 1.82) is 0 Å². The van der Waals surface area contributed by atoms with E-state index in [1.165, 1.54) is 12.1 Å². The molecule has 1 atom stereocenters. The molecular formula is C20H17BCl2F3NO3. The molecule has 10 heteroatoms. The zero-order valence-corrected chi connectivity index (χ0v) is 17.8. The molecule has 0 unspecified atom stereocenters. The van der Waals surface area contributed by atoms with E-state index in [1.54, 1.807) is 39.0 Å². The summed E-state index contributed by atoms with van der Waals surface area (Å²) in [7, 11) is -1.08. The number of fused-ring (bicyclic) bond motifs is 1.